The Morgan fingerprint density at radius 1 is 1.73 bits per heavy atom. The van der Waals surface area contributed by atoms with Crippen LogP contribution in [0.4, 0.5) is 0 Å². The highest BCUT2D eigenvalue weighted by molar-refractivity contribution is 8.02. The molecule has 86 valence electrons. The maximum atomic E-state index is 10.9. The van der Waals surface area contributed by atoms with Crippen LogP contribution in [0.2, 0.25) is 0 Å². The van der Waals surface area contributed by atoms with E-state index >= 15 is 0 Å². The molecule has 1 N–H and O–H groups in total. The summed E-state index contributed by atoms with van der Waals surface area (Å²) in [6.45, 7) is 0.749. The molecule has 0 amide bonds. The number of rotatable bonds is 4. The molecule has 2 unspecified atom stereocenters. The molecule has 2 atom stereocenters. The summed E-state index contributed by atoms with van der Waals surface area (Å²) >= 11 is 1.53. The van der Waals surface area contributed by atoms with Gasteiger partial charge in [-0.1, -0.05) is 0 Å². The lowest BCUT2D eigenvalue weighted by Crippen LogP contribution is -3.07. The first-order valence-electron chi connectivity index (χ1n) is 4.58. The van der Waals surface area contributed by atoms with Crippen molar-refractivity contribution in [3.8, 4) is 0 Å². The molecule has 0 fully saturated rings. The highest BCUT2D eigenvalue weighted by atomic mass is 32.2. The van der Waals surface area contributed by atoms with Crippen LogP contribution in [0.25, 0.3) is 0 Å². The lowest BCUT2D eigenvalue weighted by molar-refractivity contribution is -0.843. The summed E-state index contributed by atoms with van der Waals surface area (Å²) in [6, 6.07) is 0. The van der Waals surface area contributed by atoms with Crippen LogP contribution in [-0.4, -0.2) is 51.1 Å². The molecule has 1 aliphatic rings. The molecule has 0 aromatic carbocycles. The summed E-state index contributed by atoms with van der Waals surface area (Å²) in [6.07, 6.45) is 0.962. The van der Waals surface area contributed by atoms with Crippen LogP contribution in [0.3, 0.4) is 0 Å². The van der Waals surface area contributed by atoms with Gasteiger partial charge in [-0.05, 0) is 6.26 Å². The van der Waals surface area contributed by atoms with E-state index in [0.717, 1.165) is 22.3 Å². The number of methoxy groups -OCH3 is 1. The van der Waals surface area contributed by atoms with E-state index in [1.807, 2.05) is 25.3 Å². The largest absolute Gasteiger partial charge is 0.547 e. The predicted molar refractivity (Wildman–Crippen MR) is 55.9 cm³/mol. The predicted octanol–water partition coefficient (Wildman–Crippen LogP) is -2.30. The van der Waals surface area contributed by atoms with Gasteiger partial charge >= 0.3 is 0 Å². The number of carboxylic acid groups (broad SMARTS) is 1. The summed E-state index contributed by atoms with van der Waals surface area (Å²) in [5.74, 6) is -1.19. The number of hydrogen-bond donors (Lipinski definition) is 1. The van der Waals surface area contributed by atoms with Crippen LogP contribution in [0.5, 0.6) is 0 Å². The van der Waals surface area contributed by atoms with Crippen molar-refractivity contribution in [2.75, 3.05) is 34.1 Å². The Hall–Kier alpha value is -0.720. The summed E-state index contributed by atoms with van der Waals surface area (Å²) in [5.41, 5.74) is 0.743. The van der Waals surface area contributed by atoms with E-state index in [1.165, 1.54) is 18.9 Å². The standard InChI is InChI=1S/C9H16N2O3S/c1-10-5-11(2)8(15-4)6(10)7(14-3)9(12)13/h7H,5H2,1-4H3,(H,12,13). The number of likely N-dealkylation sites (N-methyl/N-ethyl adjacent to an activating group) is 1. The van der Waals surface area contributed by atoms with Crippen LogP contribution in [0.1, 0.15) is 0 Å². The lowest BCUT2D eigenvalue weighted by Gasteiger charge is -2.19. The Balaban J connectivity index is 3.07. The molecule has 0 aliphatic carbocycles. The van der Waals surface area contributed by atoms with E-state index in [1.54, 1.807) is 0 Å². The van der Waals surface area contributed by atoms with Gasteiger partial charge in [0.2, 0.25) is 0 Å². The van der Waals surface area contributed by atoms with Crippen LogP contribution in [0.15, 0.2) is 10.7 Å². The average Bonchev–Trinajstić information content (AvgIpc) is 2.42. The summed E-state index contributed by atoms with van der Waals surface area (Å²) in [5, 5.41) is 11.9. The lowest BCUT2D eigenvalue weighted by atomic mass is 10.2. The van der Waals surface area contributed by atoms with Gasteiger partial charge in [0.1, 0.15) is 5.03 Å². The van der Waals surface area contributed by atoms with Crippen molar-refractivity contribution in [2.24, 2.45) is 0 Å². The van der Waals surface area contributed by atoms with Crippen molar-refractivity contribution >= 4 is 17.7 Å². The SMILES string of the molecule is COC(C(=O)[O-])C1=C(SC)N(C)C[NH+]1C. The Morgan fingerprint density at radius 2 is 2.33 bits per heavy atom. The van der Waals surface area contributed by atoms with Crippen molar-refractivity contribution in [2.45, 2.75) is 6.10 Å². The Kier molecular flexibility index (Phi) is 4.01. The minimum atomic E-state index is -1.19. The highest BCUT2D eigenvalue weighted by Gasteiger charge is 2.35. The van der Waals surface area contributed by atoms with E-state index in [2.05, 4.69) is 0 Å². The summed E-state index contributed by atoms with van der Waals surface area (Å²) < 4.78 is 4.97. The second-order valence-electron chi connectivity index (χ2n) is 3.49. The number of nitrogens with one attached hydrogen (secondary N) is 1. The Morgan fingerprint density at radius 3 is 2.73 bits per heavy atom. The topological polar surface area (TPSA) is 57.0 Å². The van der Waals surface area contributed by atoms with Gasteiger partial charge in [0.25, 0.3) is 0 Å². The average molecular weight is 232 g/mol. The van der Waals surface area contributed by atoms with Crippen LogP contribution < -0.4 is 10.0 Å². The summed E-state index contributed by atoms with van der Waals surface area (Å²) in [4.78, 5) is 14.0. The van der Waals surface area contributed by atoms with Gasteiger partial charge in [-0.2, -0.15) is 0 Å². The molecule has 0 spiro atoms. The molecular weight excluding hydrogens is 216 g/mol. The number of hydrogen-bond acceptors (Lipinski definition) is 5. The van der Waals surface area contributed by atoms with Gasteiger partial charge < -0.3 is 19.5 Å². The van der Waals surface area contributed by atoms with E-state index in [9.17, 15) is 9.90 Å². The van der Waals surface area contributed by atoms with Crippen LogP contribution in [-0.2, 0) is 9.53 Å². The Bertz CT molecular complexity index is 293. The van der Waals surface area contributed by atoms with Crippen molar-refractivity contribution in [3.63, 3.8) is 0 Å². The van der Waals surface area contributed by atoms with Gasteiger partial charge in [0.05, 0.1) is 13.0 Å². The zero-order chi connectivity index (χ0) is 11.6. The number of nitrogens with zero attached hydrogens (tertiary/aromatic N) is 1. The first kappa shape index (κ1) is 12.4. The Labute approximate surface area is 93.7 Å². The molecule has 0 saturated carbocycles. The fraction of sp³-hybridized carbons (Fsp3) is 0.667. The molecule has 0 aromatic heterocycles. The van der Waals surface area contributed by atoms with Crippen molar-refractivity contribution in [1.29, 1.82) is 0 Å². The molecule has 0 radical (unpaired) electrons. The quantitative estimate of drug-likeness (QED) is 0.591. The number of carbonyl (C=O) groups excluding carboxylic acids is 1. The number of ether oxygens (including phenoxy) is 1. The molecule has 0 aromatic rings. The molecule has 1 rings (SSSR count). The molecule has 15 heavy (non-hydrogen) atoms. The highest BCUT2D eigenvalue weighted by Crippen LogP contribution is 2.22. The zero-order valence-electron chi connectivity index (χ0n) is 9.36. The zero-order valence-corrected chi connectivity index (χ0v) is 10.2. The van der Waals surface area contributed by atoms with Gasteiger partial charge in [-0.3, -0.25) is 4.90 Å². The minimum absolute atomic E-state index is 0.743. The monoisotopic (exact) mass is 232 g/mol. The molecule has 1 heterocycles. The number of quaternary nitrogens is 1. The molecule has 5 nitrogen and oxygen atoms in total. The number of thioether (sulfide) groups is 1. The van der Waals surface area contributed by atoms with E-state index in [4.69, 9.17) is 4.74 Å². The van der Waals surface area contributed by atoms with Gasteiger partial charge in [-0.25, -0.2) is 0 Å². The minimum Gasteiger partial charge on any atom is -0.547 e. The summed E-state index contributed by atoms with van der Waals surface area (Å²) in [7, 11) is 5.24. The van der Waals surface area contributed by atoms with Gasteiger partial charge in [0, 0.05) is 14.2 Å². The number of carboxylic acids is 1. The molecular formula is C9H16N2O3S. The first-order chi connectivity index (χ1) is 7.02. The molecule has 0 saturated heterocycles. The normalized spacial score (nSPS) is 23.5. The third-order valence-corrected chi connectivity index (χ3v) is 3.33. The van der Waals surface area contributed by atoms with Gasteiger partial charge in [0.15, 0.2) is 18.5 Å². The third-order valence-electron chi connectivity index (χ3n) is 2.42. The second kappa shape index (κ2) is 4.87. The van der Waals surface area contributed by atoms with Crippen molar-refractivity contribution in [3.05, 3.63) is 10.7 Å². The maximum Gasteiger partial charge on any atom is 0.174 e. The smallest absolute Gasteiger partial charge is 0.174 e. The molecule has 0 bridgehead atoms. The number of carbonyl (C=O) groups is 1. The van der Waals surface area contributed by atoms with Crippen LogP contribution >= 0.6 is 11.8 Å². The van der Waals surface area contributed by atoms with Gasteiger partial charge in [-0.15, -0.1) is 11.8 Å². The van der Waals surface area contributed by atoms with E-state index in [-0.39, 0.29) is 0 Å². The van der Waals surface area contributed by atoms with Crippen molar-refractivity contribution < 1.29 is 19.5 Å². The van der Waals surface area contributed by atoms with E-state index < -0.39 is 12.1 Å². The fourth-order valence-corrected chi connectivity index (χ4v) is 2.71. The fourth-order valence-electron chi connectivity index (χ4n) is 1.83. The first-order valence-corrected chi connectivity index (χ1v) is 5.81. The number of aliphatic carboxylic acids is 1. The maximum absolute atomic E-state index is 10.9. The second-order valence-corrected chi connectivity index (χ2v) is 4.29. The van der Waals surface area contributed by atoms with Crippen molar-refractivity contribution in [1.82, 2.24) is 4.90 Å². The third kappa shape index (κ3) is 2.27. The molecule has 1 aliphatic heterocycles. The van der Waals surface area contributed by atoms with E-state index in [0.29, 0.717) is 0 Å². The van der Waals surface area contributed by atoms with Crippen LogP contribution in [0, 0.1) is 0 Å². The molecule has 6 heteroatoms.